The zero-order chi connectivity index (χ0) is 25.1. The molecule has 0 aliphatic heterocycles. The normalized spacial score (nSPS) is 13.5. The first-order valence-corrected chi connectivity index (χ1v) is 12.1. The van der Waals surface area contributed by atoms with Gasteiger partial charge in [0.15, 0.2) is 11.5 Å². The van der Waals surface area contributed by atoms with Crippen molar-refractivity contribution in [3.05, 3.63) is 12.7 Å². The van der Waals surface area contributed by atoms with E-state index in [0.717, 1.165) is 0 Å². The molecular formula is C18H30N7O8P. The largest absolute Gasteiger partial charge is 0.462 e. The molecule has 2 aromatic heterocycles. The lowest BCUT2D eigenvalue weighted by Crippen LogP contribution is -2.30. The van der Waals surface area contributed by atoms with E-state index < -0.39 is 38.0 Å². The summed E-state index contributed by atoms with van der Waals surface area (Å²) in [5.74, 6) is -1.00. The van der Waals surface area contributed by atoms with Gasteiger partial charge >= 0.3 is 19.5 Å². The first-order valence-electron chi connectivity index (χ1n) is 10.3. The molecule has 0 fully saturated rings. The molecule has 0 saturated carbocycles. The van der Waals surface area contributed by atoms with E-state index in [-0.39, 0.29) is 38.9 Å². The van der Waals surface area contributed by atoms with Gasteiger partial charge in [0.25, 0.3) is 0 Å². The van der Waals surface area contributed by atoms with Crippen LogP contribution in [0, 0.1) is 0 Å². The molecule has 190 valence electrons. The van der Waals surface area contributed by atoms with Crippen LogP contribution in [0.25, 0.3) is 11.2 Å². The summed E-state index contributed by atoms with van der Waals surface area (Å²) in [6.07, 6.45) is 2.45. The van der Waals surface area contributed by atoms with Crippen molar-refractivity contribution in [1.82, 2.24) is 19.5 Å². The Bertz CT molecular complexity index is 968. The Hall–Kier alpha value is -2.68. The maximum absolute atomic E-state index is 13.0. The van der Waals surface area contributed by atoms with Gasteiger partial charge in [-0.05, 0) is 13.8 Å². The number of hydrogen-bond acceptors (Lipinski definition) is 14. The van der Waals surface area contributed by atoms with Gasteiger partial charge in [0.05, 0.1) is 26.1 Å². The maximum atomic E-state index is 13.0. The van der Waals surface area contributed by atoms with Gasteiger partial charge in [0, 0.05) is 6.54 Å². The monoisotopic (exact) mass is 503 g/mol. The number of rotatable bonds is 15. The lowest BCUT2D eigenvalue weighted by molar-refractivity contribution is -0.145. The fourth-order valence-corrected chi connectivity index (χ4v) is 3.70. The summed E-state index contributed by atoms with van der Waals surface area (Å²) in [6.45, 7) is 2.57. The van der Waals surface area contributed by atoms with Crippen LogP contribution in [0.1, 0.15) is 13.8 Å². The first kappa shape index (κ1) is 27.6. The molecule has 2 aromatic rings. The van der Waals surface area contributed by atoms with Gasteiger partial charge in [-0.3, -0.25) is 14.2 Å². The van der Waals surface area contributed by atoms with Crippen molar-refractivity contribution in [2.24, 2.45) is 11.5 Å². The molecule has 16 heteroatoms. The Morgan fingerprint density at radius 1 is 0.971 bits per heavy atom. The van der Waals surface area contributed by atoms with Gasteiger partial charge in [-0.2, -0.15) is 0 Å². The summed E-state index contributed by atoms with van der Waals surface area (Å²) >= 11 is 0. The second-order valence-electron chi connectivity index (χ2n) is 7.10. The summed E-state index contributed by atoms with van der Waals surface area (Å²) in [4.78, 5) is 35.0. The summed E-state index contributed by atoms with van der Waals surface area (Å²) in [5, 5.41) is 0. The number of carbonyl (C=O) groups is 2. The van der Waals surface area contributed by atoms with Crippen LogP contribution in [0.3, 0.4) is 0 Å². The van der Waals surface area contributed by atoms with E-state index in [2.05, 4.69) is 15.0 Å². The number of anilines is 1. The highest BCUT2D eigenvalue weighted by molar-refractivity contribution is 7.53. The summed E-state index contributed by atoms with van der Waals surface area (Å²) in [6, 6.07) is -1.60. The van der Waals surface area contributed by atoms with Crippen molar-refractivity contribution < 1.29 is 37.4 Å². The molecule has 15 nitrogen and oxygen atoms in total. The van der Waals surface area contributed by atoms with Crippen molar-refractivity contribution in [2.45, 2.75) is 32.5 Å². The van der Waals surface area contributed by atoms with Gasteiger partial charge in [0.1, 0.15) is 43.5 Å². The highest BCUT2D eigenvalue weighted by Gasteiger charge is 2.26. The van der Waals surface area contributed by atoms with Gasteiger partial charge in [-0.1, -0.05) is 0 Å². The molecule has 0 spiro atoms. The van der Waals surface area contributed by atoms with E-state index in [9.17, 15) is 14.2 Å². The number of nitrogens with two attached hydrogens (primary N) is 3. The Balaban J connectivity index is 1.86. The number of ether oxygens (including phenoxy) is 3. The zero-order valence-electron chi connectivity index (χ0n) is 19.0. The second kappa shape index (κ2) is 13.3. The third-order valence-electron chi connectivity index (χ3n) is 4.13. The molecule has 2 rings (SSSR count). The van der Waals surface area contributed by atoms with Gasteiger partial charge in [-0.15, -0.1) is 0 Å². The highest BCUT2D eigenvalue weighted by atomic mass is 31.2. The Kier molecular flexibility index (Phi) is 10.8. The van der Waals surface area contributed by atoms with Gasteiger partial charge in [-0.25, -0.2) is 15.0 Å². The standard InChI is InChI=1S/C18H30N7O8P/c1-12(19)17(26)30-5-7-32-34(28,33-8-6-31-18(27)13(2)20)11-29-4-3-25-10-24-14-15(21)22-9-23-16(14)25/h9-10,12-13H,3-8,11,19-20H2,1-2H3,(H2,21,22,23)/t12-,13-/m0/s1. The molecule has 0 aliphatic rings. The molecule has 2 atom stereocenters. The number of nitrogen functional groups attached to an aromatic ring is 1. The van der Waals surface area contributed by atoms with Crippen molar-refractivity contribution in [3.63, 3.8) is 0 Å². The topological polar surface area (TPSA) is 219 Å². The summed E-state index contributed by atoms with van der Waals surface area (Å²) in [7, 11) is -3.79. The molecule has 0 saturated heterocycles. The minimum absolute atomic E-state index is 0.116. The smallest absolute Gasteiger partial charge is 0.356 e. The summed E-state index contributed by atoms with van der Waals surface area (Å²) in [5.41, 5.74) is 17.6. The van der Waals surface area contributed by atoms with E-state index in [1.165, 1.54) is 26.5 Å². The van der Waals surface area contributed by atoms with Crippen LogP contribution < -0.4 is 17.2 Å². The van der Waals surface area contributed by atoms with E-state index >= 15 is 0 Å². The zero-order valence-corrected chi connectivity index (χ0v) is 19.9. The van der Waals surface area contributed by atoms with Crippen LogP contribution in [-0.4, -0.2) is 82.9 Å². The molecule has 0 aliphatic carbocycles. The van der Waals surface area contributed by atoms with Crippen LogP contribution in [-0.2, 0) is 44.0 Å². The second-order valence-corrected chi connectivity index (χ2v) is 9.09. The van der Waals surface area contributed by atoms with Crippen molar-refractivity contribution in [1.29, 1.82) is 0 Å². The number of aromatic nitrogens is 4. The fraction of sp³-hybridized carbons (Fsp3) is 0.611. The highest BCUT2D eigenvalue weighted by Crippen LogP contribution is 2.47. The molecule has 0 bridgehead atoms. The molecule has 0 unspecified atom stereocenters. The van der Waals surface area contributed by atoms with Crippen molar-refractivity contribution in [2.75, 3.05) is 45.1 Å². The minimum atomic E-state index is -3.79. The number of nitrogens with zero attached hydrogens (tertiary/aromatic N) is 4. The minimum Gasteiger partial charge on any atom is -0.462 e. The van der Waals surface area contributed by atoms with Crippen LogP contribution in [0.5, 0.6) is 0 Å². The number of carbonyl (C=O) groups excluding carboxylic acids is 2. The predicted molar refractivity (Wildman–Crippen MR) is 119 cm³/mol. The van der Waals surface area contributed by atoms with Gasteiger partial charge < -0.3 is 45.0 Å². The molecule has 0 amide bonds. The Morgan fingerprint density at radius 2 is 1.56 bits per heavy atom. The van der Waals surface area contributed by atoms with E-state index in [4.69, 9.17) is 40.5 Å². The summed E-state index contributed by atoms with van der Waals surface area (Å²) < 4.78 is 40.6. The Labute approximate surface area is 195 Å². The van der Waals surface area contributed by atoms with E-state index in [1.807, 2.05) is 0 Å². The number of esters is 2. The molecule has 0 radical (unpaired) electrons. The average molecular weight is 503 g/mol. The lowest BCUT2D eigenvalue weighted by Gasteiger charge is -2.19. The lowest BCUT2D eigenvalue weighted by atomic mass is 10.4. The van der Waals surface area contributed by atoms with E-state index in [0.29, 0.717) is 17.7 Å². The number of hydrogen-bond donors (Lipinski definition) is 3. The molecule has 6 N–H and O–H groups in total. The van der Waals surface area contributed by atoms with E-state index in [1.54, 1.807) is 4.57 Å². The van der Waals surface area contributed by atoms with Crippen LogP contribution in [0.4, 0.5) is 5.82 Å². The third kappa shape index (κ3) is 8.59. The fourth-order valence-electron chi connectivity index (χ4n) is 2.41. The first-order chi connectivity index (χ1) is 16.1. The average Bonchev–Trinajstić information content (AvgIpc) is 3.21. The quantitative estimate of drug-likeness (QED) is 0.157. The third-order valence-corrected chi connectivity index (χ3v) is 5.78. The molecule has 0 aromatic carbocycles. The maximum Gasteiger partial charge on any atom is 0.356 e. The van der Waals surface area contributed by atoms with Crippen molar-refractivity contribution in [3.8, 4) is 0 Å². The predicted octanol–water partition coefficient (Wildman–Crippen LogP) is -0.610. The Morgan fingerprint density at radius 3 is 2.12 bits per heavy atom. The van der Waals surface area contributed by atoms with Crippen LogP contribution >= 0.6 is 7.60 Å². The molecule has 34 heavy (non-hydrogen) atoms. The van der Waals surface area contributed by atoms with Crippen molar-refractivity contribution >= 4 is 36.5 Å². The SMILES string of the molecule is C[C@H](N)C(=O)OCCOP(=O)(COCCn1cnc2c(N)ncnc21)OCCOC(=O)[C@H](C)N. The number of fused-ring (bicyclic) bond motifs is 1. The molecular weight excluding hydrogens is 473 g/mol. The van der Waals surface area contributed by atoms with Crippen LogP contribution in [0.15, 0.2) is 12.7 Å². The van der Waals surface area contributed by atoms with Crippen LogP contribution in [0.2, 0.25) is 0 Å². The molecule has 2 heterocycles. The van der Waals surface area contributed by atoms with Gasteiger partial charge in [0.2, 0.25) is 0 Å². The number of imidazole rings is 1.